The summed E-state index contributed by atoms with van der Waals surface area (Å²) in [6.45, 7) is 8.15. The Morgan fingerprint density at radius 1 is 0.931 bits per heavy atom. The van der Waals surface area contributed by atoms with Crippen LogP contribution in [0.15, 0.2) is 71.8 Å². The summed E-state index contributed by atoms with van der Waals surface area (Å²) in [4.78, 5) is 67.1. The zero-order chi connectivity index (χ0) is 41.0. The molecule has 2 aromatic carbocycles. The van der Waals surface area contributed by atoms with E-state index in [4.69, 9.17) is 14.2 Å². The molecule has 16 heteroatoms. The second-order valence-corrected chi connectivity index (χ2v) is 16.7. The Labute approximate surface area is 409 Å². The van der Waals surface area contributed by atoms with E-state index in [1.165, 1.54) is 6.92 Å². The van der Waals surface area contributed by atoms with Crippen LogP contribution in [0.1, 0.15) is 88.7 Å². The van der Waals surface area contributed by atoms with Crippen LogP contribution in [-0.4, -0.2) is 103 Å². The number of benzene rings is 2. The Kier molecular flexibility index (Phi) is 15.9. The number of ketones is 1. The zero-order valence-electron chi connectivity index (χ0n) is 33.3. The summed E-state index contributed by atoms with van der Waals surface area (Å²) in [5, 5.41) is 60.2. The number of Topliss-reactive ketones (excluding diaryl/α,β-unsaturated/α-hetero) is 1. The molecule has 1 aliphatic heterocycles. The molecule has 308 valence electrons. The molecular weight excluding hydrogens is 1180 g/mol. The van der Waals surface area contributed by atoms with Gasteiger partial charge in [-0.3, -0.25) is 19.2 Å². The summed E-state index contributed by atoms with van der Waals surface area (Å²) in [7, 11) is 0. The zero-order valence-corrected chi connectivity index (χ0v) is 42.8. The van der Waals surface area contributed by atoms with E-state index >= 15 is 0 Å². The number of esters is 2. The van der Waals surface area contributed by atoms with E-state index < -0.39 is 113 Å². The van der Waals surface area contributed by atoms with Crippen LogP contribution in [0.3, 0.4) is 0 Å². The van der Waals surface area contributed by atoms with Gasteiger partial charge in [0, 0.05) is 118 Å². The number of hydrogen-bond acceptors (Lipinski definition) is 12. The topological polar surface area (TPSA) is 226 Å². The van der Waals surface area contributed by atoms with Gasteiger partial charge in [-0.15, -0.1) is 0 Å². The SMILES string of the molecule is CC1=C2C(O)C(=O)[C@]3(C)C(O)CC4OC[C@@]4(O)C3C(C)CC(O)(CC1OC(=O)C(OC(=O)CCC(=O)O)C(NC(=O)c1ccccc1)c1ccccc1)C2(C)C.[Ac].[Ac]. The van der Waals surface area contributed by atoms with E-state index in [1.807, 2.05) is 0 Å². The van der Waals surface area contributed by atoms with Crippen LogP contribution < -0.4 is 5.32 Å². The molecule has 2 saturated carbocycles. The monoisotopic (exact) mass is 1230 g/mol. The van der Waals surface area contributed by atoms with Gasteiger partial charge in [-0.2, -0.15) is 0 Å². The predicted molar refractivity (Wildman–Crippen MR) is 197 cm³/mol. The van der Waals surface area contributed by atoms with Crippen molar-refractivity contribution in [1.29, 1.82) is 0 Å². The molecule has 58 heavy (non-hydrogen) atoms. The van der Waals surface area contributed by atoms with Gasteiger partial charge in [0.1, 0.15) is 23.9 Å². The molecule has 4 aliphatic rings. The molecule has 1 heterocycles. The normalized spacial score (nSPS) is 33.3. The van der Waals surface area contributed by atoms with Crippen LogP contribution in [0.25, 0.3) is 0 Å². The average Bonchev–Trinajstić information content (AvgIpc) is 3.15. The van der Waals surface area contributed by atoms with Gasteiger partial charge >= 0.3 is 17.9 Å². The summed E-state index contributed by atoms with van der Waals surface area (Å²) in [5.41, 5.74) is -5.30. The molecule has 3 aliphatic carbocycles. The standard InChI is InChI=1S/C42H51NO13.2Ac/c1-22-19-41(52)20-26(23(2)31(39(41,3)4)33(48)36(49)40(5)27(44)18-28-42(53,21-54-28)35(22)40)55-38(51)34(56-30(47)17-16-29(45)46)32(24-12-8-6-9-13-24)43-37(50)25-14-10-7-11-15-25;;/h6-15,22,26-28,32-35,44,48,52-53H,16-21H2,1-5H3,(H,43,50)(H,45,46);;/t22?,26?,27?,28?,32?,33?,34?,35?,40-,41?,42+;;/m1../s1. The third-order valence-electron chi connectivity index (χ3n) is 13.0. The summed E-state index contributed by atoms with van der Waals surface area (Å²) in [6, 6.07) is 15.0. The van der Waals surface area contributed by atoms with Crippen molar-refractivity contribution in [2.45, 2.75) is 114 Å². The molecule has 1 saturated heterocycles. The first-order chi connectivity index (χ1) is 26.3. The number of hydrogen-bond donors (Lipinski definition) is 6. The molecular formula is C42H51Ac2NO13. The van der Waals surface area contributed by atoms with Crippen molar-refractivity contribution >= 4 is 29.6 Å². The number of aliphatic hydroxyl groups is 4. The Hall–Kier alpha value is -1.59. The van der Waals surface area contributed by atoms with E-state index in [9.17, 15) is 49.5 Å². The van der Waals surface area contributed by atoms with Crippen LogP contribution in [0.2, 0.25) is 0 Å². The fourth-order valence-electron chi connectivity index (χ4n) is 9.92. The van der Waals surface area contributed by atoms with Gasteiger partial charge in [0.05, 0.1) is 42.7 Å². The average molecular weight is 1230 g/mol. The second kappa shape index (κ2) is 18.8. The molecule has 6 rings (SSSR count). The smallest absolute Gasteiger partial charge is 0.350 e. The number of carbonyl (C=O) groups excluding carboxylic acids is 4. The van der Waals surface area contributed by atoms with Gasteiger partial charge in [0.2, 0.25) is 6.10 Å². The van der Waals surface area contributed by atoms with E-state index in [0.29, 0.717) is 5.56 Å². The van der Waals surface area contributed by atoms with Crippen molar-refractivity contribution in [3.63, 3.8) is 0 Å². The first-order valence-electron chi connectivity index (χ1n) is 19.0. The number of carboxylic acids is 1. The fourth-order valence-corrected chi connectivity index (χ4v) is 9.92. The third-order valence-corrected chi connectivity index (χ3v) is 13.0. The Bertz CT molecular complexity index is 1910. The molecule has 2 radical (unpaired) electrons. The van der Waals surface area contributed by atoms with Crippen molar-refractivity contribution in [3.8, 4) is 0 Å². The van der Waals surface area contributed by atoms with E-state index in [-0.39, 0.29) is 131 Å². The Morgan fingerprint density at radius 3 is 2.10 bits per heavy atom. The minimum atomic E-state index is -1.89. The summed E-state index contributed by atoms with van der Waals surface area (Å²) in [6.07, 6.45) is -8.58. The van der Waals surface area contributed by atoms with Gasteiger partial charge in [-0.25, -0.2) is 4.79 Å². The van der Waals surface area contributed by atoms with Gasteiger partial charge in [0.15, 0.2) is 5.78 Å². The molecule has 6 N–H and O–H groups in total. The van der Waals surface area contributed by atoms with Crippen LogP contribution >= 0.6 is 0 Å². The van der Waals surface area contributed by atoms with Crippen LogP contribution in [-0.2, 0) is 33.4 Å². The summed E-state index contributed by atoms with van der Waals surface area (Å²) < 4.78 is 17.4. The first kappa shape index (κ1) is 49.1. The molecule has 14 nitrogen and oxygen atoms in total. The fraction of sp³-hybridized carbons (Fsp3) is 0.548. The van der Waals surface area contributed by atoms with Crippen LogP contribution in [0, 0.1) is 111 Å². The Morgan fingerprint density at radius 2 is 1.53 bits per heavy atom. The molecule has 3 fully saturated rings. The third kappa shape index (κ3) is 8.85. The molecule has 0 spiro atoms. The van der Waals surface area contributed by atoms with Crippen LogP contribution in [0.4, 0.5) is 0 Å². The summed E-state index contributed by atoms with van der Waals surface area (Å²) in [5.74, 6) is -6.39. The quantitative estimate of drug-likeness (QED) is 0.149. The number of ether oxygens (including phenoxy) is 3. The van der Waals surface area contributed by atoms with E-state index in [2.05, 4.69) is 5.32 Å². The van der Waals surface area contributed by atoms with Gasteiger partial charge < -0.3 is 45.1 Å². The number of nitrogens with one attached hydrogen (secondary N) is 1. The van der Waals surface area contributed by atoms with Gasteiger partial charge in [0.25, 0.3) is 5.91 Å². The number of aliphatic carboxylic acids is 1. The Balaban J connectivity index is 0.00000372. The number of rotatable bonds is 10. The van der Waals surface area contributed by atoms with E-state index in [0.717, 1.165) is 0 Å². The van der Waals surface area contributed by atoms with Crippen molar-refractivity contribution in [3.05, 3.63) is 82.9 Å². The largest absolute Gasteiger partial charge is 0.481 e. The molecule has 11 atom stereocenters. The molecule has 1 amide bonds. The van der Waals surface area contributed by atoms with Crippen molar-refractivity contribution in [1.82, 2.24) is 5.32 Å². The van der Waals surface area contributed by atoms with Crippen molar-refractivity contribution < 1.29 is 152 Å². The predicted octanol–water partition coefficient (Wildman–Crippen LogP) is 2.81. The van der Waals surface area contributed by atoms with Gasteiger partial charge in [-0.05, 0) is 55.0 Å². The van der Waals surface area contributed by atoms with Crippen molar-refractivity contribution in [2.24, 2.45) is 22.7 Å². The minimum Gasteiger partial charge on any atom is -0.481 e. The molecule has 2 aromatic rings. The minimum absolute atomic E-state index is 0. The maximum atomic E-state index is 14.6. The number of fused-ring (bicyclic) bond motifs is 5. The number of aliphatic hydroxyl groups excluding tert-OH is 2. The maximum absolute atomic E-state index is 14.6. The van der Waals surface area contributed by atoms with Gasteiger partial charge in [-0.1, -0.05) is 69.3 Å². The molecule has 9 unspecified atom stereocenters. The molecule has 2 bridgehead atoms. The van der Waals surface area contributed by atoms with E-state index in [1.54, 1.807) is 88.4 Å². The number of carbonyl (C=O) groups is 5. The number of carboxylic acid groups (broad SMARTS) is 1. The maximum Gasteiger partial charge on any atom is 0.350 e. The molecule has 0 aromatic heterocycles. The first-order valence-corrected chi connectivity index (χ1v) is 19.0. The number of amides is 1. The second-order valence-electron chi connectivity index (χ2n) is 16.7. The van der Waals surface area contributed by atoms with Crippen molar-refractivity contribution in [2.75, 3.05) is 6.61 Å². The summed E-state index contributed by atoms with van der Waals surface area (Å²) >= 11 is 0. The van der Waals surface area contributed by atoms with Crippen LogP contribution in [0.5, 0.6) is 0 Å².